The summed E-state index contributed by atoms with van der Waals surface area (Å²) in [6.07, 6.45) is 2.42. The third kappa shape index (κ3) is 4.40. The van der Waals surface area contributed by atoms with E-state index in [1.54, 1.807) is 0 Å². The summed E-state index contributed by atoms with van der Waals surface area (Å²) in [7, 11) is 2.05. The first-order chi connectivity index (χ1) is 6.72. The number of ether oxygens (including phenoxy) is 1. The highest BCUT2D eigenvalue weighted by atomic mass is 16.5. The Morgan fingerprint density at radius 3 is 2.79 bits per heavy atom. The molecule has 0 spiro atoms. The first kappa shape index (κ1) is 12.0. The first-order valence-electron chi connectivity index (χ1n) is 5.70. The molecule has 84 valence electrons. The molecular formula is C11H24N2O. The SMILES string of the molecule is CNC(CC(C)C)CC1COCCN1. The second-order valence-electron chi connectivity index (χ2n) is 4.58. The molecule has 0 aliphatic carbocycles. The fourth-order valence-electron chi connectivity index (χ4n) is 2.02. The van der Waals surface area contributed by atoms with E-state index in [0.717, 1.165) is 25.7 Å². The molecule has 0 aromatic carbocycles. The maximum absolute atomic E-state index is 5.44. The number of rotatable bonds is 5. The van der Waals surface area contributed by atoms with Crippen molar-refractivity contribution < 1.29 is 4.74 Å². The van der Waals surface area contributed by atoms with Gasteiger partial charge < -0.3 is 15.4 Å². The molecule has 0 bridgehead atoms. The van der Waals surface area contributed by atoms with Crippen molar-refractivity contribution in [2.75, 3.05) is 26.8 Å². The number of morpholine rings is 1. The van der Waals surface area contributed by atoms with Crippen molar-refractivity contribution in [1.29, 1.82) is 0 Å². The van der Waals surface area contributed by atoms with Crippen molar-refractivity contribution in [3.05, 3.63) is 0 Å². The highest BCUT2D eigenvalue weighted by Crippen LogP contribution is 2.11. The van der Waals surface area contributed by atoms with Gasteiger partial charge in [-0.25, -0.2) is 0 Å². The van der Waals surface area contributed by atoms with Crippen LogP contribution in [-0.2, 0) is 4.74 Å². The Balaban J connectivity index is 2.23. The first-order valence-corrected chi connectivity index (χ1v) is 5.70. The maximum atomic E-state index is 5.44. The average Bonchev–Trinajstić information content (AvgIpc) is 2.17. The summed E-state index contributed by atoms with van der Waals surface area (Å²) in [6.45, 7) is 7.29. The zero-order valence-corrected chi connectivity index (χ0v) is 9.68. The molecule has 1 heterocycles. The molecule has 2 unspecified atom stereocenters. The molecule has 1 saturated heterocycles. The van der Waals surface area contributed by atoms with Gasteiger partial charge in [0.05, 0.1) is 13.2 Å². The summed E-state index contributed by atoms with van der Waals surface area (Å²) in [4.78, 5) is 0. The minimum absolute atomic E-state index is 0.542. The standard InChI is InChI=1S/C11H24N2O/c1-9(2)6-10(12-3)7-11-8-14-5-4-13-11/h9-13H,4-8H2,1-3H3. The molecule has 1 aliphatic rings. The fourth-order valence-corrected chi connectivity index (χ4v) is 2.02. The van der Waals surface area contributed by atoms with Crippen LogP contribution in [0.15, 0.2) is 0 Å². The van der Waals surface area contributed by atoms with E-state index in [9.17, 15) is 0 Å². The van der Waals surface area contributed by atoms with Crippen LogP contribution < -0.4 is 10.6 Å². The van der Waals surface area contributed by atoms with Crippen molar-refractivity contribution in [1.82, 2.24) is 10.6 Å². The van der Waals surface area contributed by atoms with Crippen LogP contribution in [0, 0.1) is 5.92 Å². The van der Waals surface area contributed by atoms with Gasteiger partial charge in [0.15, 0.2) is 0 Å². The quantitative estimate of drug-likeness (QED) is 0.694. The molecule has 1 rings (SSSR count). The van der Waals surface area contributed by atoms with Gasteiger partial charge in [-0.1, -0.05) is 13.8 Å². The Kier molecular flexibility index (Phi) is 5.45. The fraction of sp³-hybridized carbons (Fsp3) is 1.00. The van der Waals surface area contributed by atoms with Gasteiger partial charge in [0.25, 0.3) is 0 Å². The van der Waals surface area contributed by atoms with Crippen molar-refractivity contribution in [2.45, 2.75) is 38.8 Å². The molecule has 0 saturated carbocycles. The largest absolute Gasteiger partial charge is 0.379 e. The highest BCUT2D eigenvalue weighted by molar-refractivity contribution is 4.78. The van der Waals surface area contributed by atoms with Crippen LogP contribution in [0.25, 0.3) is 0 Å². The van der Waals surface area contributed by atoms with Gasteiger partial charge in [-0.05, 0) is 25.8 Å². The third-order valence-electron chi connectivity index (χ3n) is 2.73. The Bertz CT molecular complexity index is 144. The summed E-state index contributed by atoms with van der Waals surface area (Å²) in [5, 5.41) is 6.88. The molecule has 3 heteroatoms. The third-order valence-corrected chi connectivity index (χ3v) is 2.73. The summed E-state index contributed by atoms with van der Waals surface area (Å²) in [5.41, 5.74) is 0. The lowest BCUT2D eigenvalue weighted by atomic mass is 9.97. The van der Waals surface area contributed by atoms with Crippen LogP contribution in [0.5, 0.6) is 0 Å². The Morgan fingerprint density at radius 1 is 1.50 bits per heavy atom. The second-order valence-corrected chi connectivity index (χ2v) is 4.58. The molecule has 1 fully saturated rings. The maximum Gasteiger partial charge on any atom is 0.0620 e. The predicted octanol–water partition coefficient (Wildman–Crippen LogP) is 0.999. The molecule has 0 amide bonds. The van der Waals surface area contributed by atoms with Crippen LogP contribution in [0.3, 0.4) is 0 Å². The van der Waals surface area contributed by atoms with E-state index in [2.05, 4.69) is 31.5 Å². The molecule has 3 nitrogen and oxygen atoms in total. The van der Waals surface area contributed by atoms with Crippen molar-refractivity contribution >= 4 is 0 Å². The lowest BCUT2D eigenvalue weighted by Gasteiger charge is -2.28. The topological polar surface area (TPSA) is 33.3 Å². The molecule has 2 N–H and O–H groups in total. The normalized spacial score (nSPS) is 25.3. The Labute approximate surface area is 87.6 Å². The minimum Gasteiger partial charge on any atom is -0.379 e. The van der Waals surface area contributed by atoms with Gasteiger partial charge in [0, 0.05) is 18.6 Å². The summed E-state index contributed by atoms with van der Waals surface area (Å²) in [5.74, 6) is 0.761. The van der Waals surface area contributed by atoms with Gasteiger partial charge >= 0.3 is 0 Å². The summed E-state index contributed by atoms with van der Waals surface area (Å²) in [6, 6.07) is 1.16. The van der Waals surface area contributed by atoms with Crippen molar-refractivity contribution in [3.63, 3.8) is 0 Å². The van der Waals surface area contributed by atoms with Crippen LogP contribution in [0.1, 0.15) is 26.7 Å². The Morgan fingerprint density at radius 2 is 2.29 bits per heavy atom. The van der Waals surface area contributed by atoms with Gasteiger partial charge in [-0.15, -0.1) is 0 Å². The highest BCUT2D eigenvalue weighted by Gasteiger charge is 2.18. The monoisotopic (exact) mass is 200 g/mol. The Hall–Kier alpha value is -0.120. The average molecular weight is 200 g/mol. The molecule has 2 atom stereocenters. The van der Waals surface area contributed by atoms with E-state index in [1.165, 1.54) is 12.8 Å². The van der Waals surface area contributed by atoms with Crippen LogP contribution in [0.2, 0.25) is 0 Å². The number of hydrogen-bond acceptors (Lipinski definition) is 3. The summed E-state index contributed by atoms with van der Waals surface area (Å²) < 4.78 is 5.44. The summed E-state index contributed by atoms with van der Waals surface area (Å²) >= 11 is 0. The van der Waals surface area contributed by atoms with Crippen molar-refractivity contribution in [2.24, 2.45) is 5.92 Å². The van der Waals surface area contributed by atoms with Crippen molar-refractivity contribution in [3.8, 4) is 0 Å². The lowest BCUT2D eigenvalue weighted by molar-refractivity contribution is 0.0700. The van der Waals surface area contributed by atoms with Gasteiger partial charge in [-0.3, -0.25) is 0 Å². The van der Waals surface area contributed by atoms with E-state index in [4.69, 9.17) is 4.74 Å². The number of nitrogens with one attached hydrogen (secondary N) is 2. The molecule has 0 radical (unpaired) electrons. The minimum atomic E-state index is 0.542. The molecule has 1 aliphatic heterocycles. The second kappa shape index (κ2) is 6.38. The number of hydrogen-bond donors (Lipinski definition) is 2. The van der Waals surface area contributed by atoms with E-state index in [0.29, 0.717) is 12.1 Å². The smallest absolute Gasteiger partial charge is 0.0620 e. The van der Waals surface area contributed by atoms with Crippen LogP contribution in [-0.4, -0.2) is 38.9 Å². The van der Waals surface area contributed by atoms with E-state index in [-0.39, 0.29) is 0 Å². The predicted molar refractivity (Wildman–Crippen MR) is 59.5 cm³/mol. The molecule has 0 aromatic rings. The molecule has 14 heavy (non-hydrogen) atoms. The lowest BCUT2D eigenvalue weighted by Crippen LogP contribution is -2.45. The molecular weight excluding hydrogens is 176 g/mol. The van der Waals surface area contributed by atoms with E-state index < -0.39 is 0 Å². The zero-order valence-electron chi connectivity index (χ0n) is 9.68. The zero-order chi connectivity index (χ0) is 10.4. The molecule has 0 aromatic heterocycles. The van der Waals surface area contributed by atoms with Gasteiger partial charge in [0.2, 0.25) is 0 Å². The van der Waals surface area contributed by atoms with Gasteiger partial charge in [-0.2, -0.15) is 0 Å². The van der Waals surface area contributed by atoms with E-state index in [1.807, 2.05) is 0 Å². The van der Waals surface area contributed by atoms with Crippen LogP contribution >= 0.6 is 0 Å². The van der Waals surface area contributed by atoms with Crippen LogP contribution in [0.4, 0.5) is 0 Å². The van der Waals surface area contributed by atoms with Gasteiger partial charge in [0.1, 0.15) is 0 Å². The van der Waals surface area contributed by atoms with E-state index >= 15 is 0 Å².